The van der Waals surface area contributed by atoms with Crippen molar-refractivity contribution in [3.63, 3.8) is 0 Å². The number of nitrogens with one attached hydrogen (secondary N) is 1. The minimum Gasteiger partial charge on any atom is -0.481 e. The lowest BCUT2D eigenvalue weighted by molar-refractivity contribution is -0.136. The predicted molar refractivity (Wildman–Crippen MR) is 76.6 cm³/mol. The number of fused-ring (bicyclic) bond motifs is 1. The van der Waals surface area contributed by atoms with Crippen molar-refractivity contribution in [3.05, 3.63) is 35.5 Å². The number of rotatable bonds is 5. The van der Waals surface area contributed by atoms with E-state index < -0.39 is 5.97 Å². The van der Waals surface area contributed by atoms with Crippen LogP contribution in [-0.4, -0.2) is 22.6 Å². The van der Waals surface area contributed by atoms with Crippen LogP contribution in [0.3, 0.4) is 0 Å². The van der Waals surface area contributed by atoms with E-state index in [1.807, 2.05) is 31.2 Å². The number of anilines is 1. The Hall–Kier alpha value is -2.10. The third-order valence-electron chi connectivity index (χ3n) is 3.19. The maximum Gasteiger partial charge on any atom is 0.305 e. The van der Waals surface area contributed by atoms with Gasteiger partial charge in [-0.25, -0.2) is 0 Å². The number of carbonyl (C=O) groups is 1. The Labute approximate surface area is 112 Å². The van der Waals surface area contributed by atoms with Crippen LogP contribution in [0.1, 0.15) is 24.6 Å². The molecular formula is C15H18N2O2. The highest BCUT2D eigenvalue weighted by molar-refractivity contribution is 5.93. The zero-order valence-electron chi connectivity index (χ0n) is 11.2. The average Bonchev–Trinajstić information content (AvgIpc) is 2.38. The molecule has 2 rings (SSSR count). The Bertz CT molecular complexity index is 608. The molecule has 4 nitrogen and oxygen atoms in total. The smallest absolute Gasteiger partial charge is 0.305 e. The molecule has 0 saturated carbocycles. The second-order valence-corrected chi connectivity index (χ2v) is 4.49. The summed E-state index contributed by atoms with van der Waals surface area (Å²) in [6.45, 7) is 4.50. The van der Waals surface area contributed by atoms with Gasteiger partial charge in [-0.1, -0.05) is 25.1 Å². The number of aliphatic carboxylic acids is 1. The second-order valence-electron chi connectivity index (χ2n) is 4.49. The summed E-state index contributed by atoms with van der Waals surface area (Å²) in [4.78, 5) is 15.2. The summed E-state index contributed by atoms with van der Waals surface area (Å²) in [6.07, 6.45) is 0.984. The molecule has 0 bridgehead atoms. The fourth-order valence-electron chi connectivity index (χ4n) is 2.30. The molecule has 0 aliphatic carbocycles. The van der Waals surface area contributed by atoms with Crippen molar-refractivity contribution in [3.8, 4) is 0 Å². The van der Waals surface area contributed by atoms with Crippen LogP contribution < -0.4 is 5.32 Å². The Morgan fingerprint density at radius 3 is 2.79 bits per heavy atom. The van der Waals surface area contributed by atoms with E-state index in [0.717, 1.165) is 34.3 Å². The summed E-state index contributed by atoms with van der Waals surface area (Å²) in [7, 11) is 0. The Morgan fingerprint density at radius 1 is 1.37 bits per heavy atom. The maximum atomic E-state index is 10.6. The first-order valence-corrected chi connectivity index (χ1v) is 6.47. The number of carboxylic acid groups (broad SMARTS) is 1. The molecule has 0 spiro atoms. The van der Waals surface area contributed by atoms with E-state index in [1.54, 1.807) is 0 Å². The molecule has 0 saturated heterocycles. The molecule has 1 aromatic heterocycles. The minimum atomic E-state index is -0.791. The number of hydrogen-bond acceptors (Lipinski definition) is 3. The van der Waals surface area contributed by atoms with E-state index in [0.29, 0.717) is 6.54 Å². The van der Waals surface area contributed by atoms with Gasteiger partial charge in [-0.3, -0.25) is 9.78 Å². The minimum absolute atomic E-state index is 0.110. The van der Waals surface area contributed by atoms with Crippen molar-refractivity contribution < 1.29 is 9.90 Å². The van der Waals surface area contributed by atoms with Crippen LogP contribution in [0.5, 0.6) is 0 Å². The van der Waals surface area contributed by atoms with Crippen molar-refractivity contribution in [2.45, 2.75) is 26.7 Å². The van der Waals surface area contributed by atoms with Gasteiger partial charge in [0.15, 0.2) is 0 Å². The zero-order valence-corrected chi connectivity index (χ0v) is 11.2. The van der Waals surface area contributed by atoms with E-state index in [9.17, 15) is 4.79 Å². The van der Waals surface area contributed by atoms with Crippen molar-refractivity contribution in [1.82, 2.24) is 4.98 Å². The van der Waals surface area contributed by atoms with E-state index in [4.69, 9.17) is 5.11 Å². The first kappa shape index (κ1) is 13.3. The number of pyridine rings is 1. The largest absolute Gasteiger partial charge is 0.481 e. The summed E-state index contributed by atoms with van der Waals surface area (Å²) < 4.78 is 0. The maximum absolute atomic E-state index is 10.6. The summed E-state index contributed by atoms with van der Waals surface area (Å²) in [5, 5.41) is 13.0. The van der Waals surface area contributed by atoms with E-state index in [-0.39, 0.29) is 6.42 Å². The molecule has 2 aromatic rings. The van der Waals surface area contributed by atoms with Gasteiger partial charge >= 0.3 is 5.97 Å². The van der Waals surface area contributed by atoms with Crippen LogP contribution in [0.15, 0.2) is 24.3 Å². The molecular weight excluding hydrogens is 240 g/mol. The van der Waals surface area contributed by atoms with Crippen LogP contribution in [0, 0.1) is 6.92 Å². The fraction of sp³-hybridized carbons (Fsp3) is 0.333. The number of aromatic nitrogens is 1. The van der Waals surface area contributed by atoms with Gasteiger partial charge in [-0.2, -0.15) is 0 Å². The SMILES string of the molecule is CCc1c(C)nc2ccccc2c1NCCC(=O)O. The van der Waals surface area contributed by atoms with Crippen molar-refractivity contribution >= 4 is 22.6 Å². The lowest BCUT2D eigenvalue weighted by Gasteiger charge is -2.15. The first-order valence-electron chi connectivity index (χ1n) is 6.47. The number of para-hydroxylation sites is 1. The van der Waals surface area contributed by atoms with E-state index >= 15 is 0 Å². The van der Waals surface area contributed by atoms with Gasteiger partial charge in [0.05, 0.1) is 11.9 Å². The number of carboxylic acids is 1. The van der Waals surface area contributed by atoms with Gasteiger partial charge in [0.25, 0.3) is 0 Å². The number of aryl methyl sites for hydroxylation is 1. The van der Waals surface area contributed by atoms with Gasteiger partial charge in [0.1, 0.15) is 0 Å². The van der Waals surface area contributed by atoms with Crippen LogP contribution in [0.4, 0.5) is 5.69 Å². The quantitative estimate of drug-likeness (QED) is 0.865. The van der Waals surface area contributed by atoms with Gasteiger partial charge in [-0.15, -0.1) is 0 Å². The Kier molecular flexibility index (Phi) is 4.00. The first-order chi connectivity index (χ1) is 9.13. The van der Waals surface area contributed by atoms with Gasteiger partial charge < -0.3 is 10.4 Å². The van der Waals surface area contributed by atoms with Crippen LogP contribution in [0.2, 0.25) is 0 Å². The highest BCUT2D eigenvalue weighted by Gasteiger charge is 2.11. The van der Waals surface area contributed by atoms with E-state index in [2.05, 4.69) is 17.2 Å². The number of hydrogen-bond donors (Lipinski definition) is 2. The Morgan fingerprint density at radius 2 is 2.11 bits per heavy atom. The molecule has 0 unspecified atom stereocenters. The van der Waals surface area contributed by atoms with Gasteiger partial charge in [-0.05, 0) is 25.0 Å². The topological polar surface area (TPSA) is 62.2 Å². The van der Waals surface area contributed by atoms with Crippen molar-refractivity contribution in [2.75, 3.05) is 11.9 Å². The second kappa shape index (κ2) is 5.69. The van der Waals surface area contributed by atoms with Gasteiger partial charge in [0, 0.05) is 23.3 Å². The highest BCUT2D eigenvalue weighted by atomic mass is 16.4. The monoisotopic (exact) mass is 258 g/mol. The zero-order chi connectivity index (χ0) is 13.8. The molecule has 2 N–H and O–H groups in total. The summed E-state index contributed by atoms with van der Waals surface area (Å²) in [5.74, 6) is -0.791. The van der Waals surface area contributed by atoms with Gasteiger partial charge in [0.2, 0.25) is 0 Å². The average molecular weight is 258 g/mol. The molecule has 0 aliphatic rings. The molecule has 0 aliphatic heterocycles. The predicted octanol–water partition coefficient (Wildman–Crippen LogP) is 2.99. The van der Waals surface area contributed by atoms with Crippen LogP contribution in [-0.2, 0) is 11.2 Å². The molecule has 1 heterocycles. The lowest BCUT2D eigenvalue weighted by atomic mass is 10.0. The molecule has 19 heavy (non-hydrogen) atoms. The lowest BCUT2D eigenvalue weighted by Crippen LogP contribution is -2.10. The van der Waals surface area contributed by atoms with E-state index in [1.165, 1.54) is 0 Å². The molecule has 100 valence electrons. The van der Waals surface area contributed by atoms with Crippen molar-refractivity contribution in [2.24, 2.45) is 0 Å². The summed E-state index contributed by atoms with van der Waals surface area (Å²) in [6, 6.07) is 7.93. The molecule has 0 atom stereocenters. The molecule has 1 aromatic carbocycles. The Balaban J connectivity index is 2.45. The summed E-state index contributed by atoms with van der Waals surface area (Å²) >= 11 is 0. The van der Waals surface area contributed by atoms with Crippen LogP contribution >= 0.6 is 0 Å². The molecule has 0 radical (unpaired) electrons. The number of benzene rings is 1. The summed E-state index contributed by atoms with van der Waals surface area (Å²) in [5.41, 5.74) is 4.12. The third kappa shape index (κ3) is 2.84. The number of nitrogens with zero attached hydrogens (tertiary/aromatic N) is 1. The highest BCUT2D eigenvalue weighted by Crippen LogP contribution is 2.28. The molecule has 0 fully saturated rings. The van der Waals surface area contributed by atoms with Crippen molar-refractivity contribution in [1.29, 1.82) is 0 Å². The fourth-order valence-corrected chi connectivity index (χ4v) is 2.30. The third-order valence-corrected chi connectivity index (χ3v) is 3.19. The molecule has 4 heteroatoms. The normalized spacial score (nSPS) is 10.6. The standard InChI is InChI=1S/C15H18N2O2/c1-3-11-10(2)17-13-7-5-4-6-12(13)15(11)16-9-8-14(18)19/h4-7H,3,8-9H2,1-2H3,(H,16,17)(H,18,19). The molecule has 0 amide bonds. The van der Waals surface area contributed by atoms with Crippen LogP contribution in [0.25, 0.3) is 10.9 Å².